The SMILES string of the molecule is CCCCOCCCNc1ccnc(C(=O)NCC)c1. The zero-order valence-corrected chi connectivity index (χ0v) is 12.4. The van der Waals surface area contributed by atoms with Crippen molar-refractivity contribution in [3.63, 3.8) is 0 Å². The maximum atomic E-state index is 11.7. The molecule has 20 heavy (non-hydrogen) atoms. The molecule has 0 aliphatic heterocycles. The predicted octanol–water partition coefficient (Wildman–Crippen LogP) is 2.45. The van der Waals surface area contributed by atoms with E-state index in [1.54, 1.807) is 12.3 Å². The van der Waals surface area contributed by atoms with Crippen molar-refractivity contribution in [3.05, 3.63) is 24.0 Å². The average Bonchev–Trinajstić information content (AvgIpc) is 2.47. The molecule has 112 valence electrons. The van der Waals surface area contributed by atoms with Gasteiger partial charge in [0.2, 0.25) is 0 Å². The smallest absolute Gasteiger partial charge is 0.269 e. The standard InChI is InChI=1S/C15H25N3O2/c1-3-5-10-20-11-6-8-17-13-7-9-18-14(12-13)15(19)16-4-2/h7,9,12H,3-6,8,10-11H2,1-2H3,(H,16,19)(H,17,18). The van der Waals surface area contributed by atoms with E-state index in [2.05, 4.69) is 22.5 Å². The maximum absolute atomic E-state index is 11.7. The highest BCUT2D eigenvalue weighted by Crippen LogP contribution is 2.08. The Balaban J connectivity index is 2.26. The molecule has 0 unspecified atom stereocenters. The van der Waals surface area contributed by atoms with Gasteiger partial charge in [-0.1, -0.05) is 13.3 Å². The number of ether oxygens (including phenoxy) is 1. The quantitative estimate of drug-likeness (QED) is 0.646. The summed E-state index contributed by atoms with van der Waals surface area (Å²) in [6.45, 7) is 7.08. The normalized spacial score (nSPS) is 10.3. The van der Waals surface area contributed by atoms with E-state index in [0.717, 1.165) is 44.7 Å². The minimum Gasteiger partial charge on any atom is -0.385 e. The summed E-state index contributed by atoms with van der Waals surface area (Å²) in [5.74, 6) is -0.140. The lowest BCUT2D eigenvalue weighted by molar-refractivity contribution is 0.0951. The highest BCUT2D eigenvalue weighted by molar-refractivity contribution is 5.93. The maximum Gasteiger partial charge on any atom is 0.269 e. The Morgan fingerprint density at radius 2 is 2.10 bits per heavy atom. The molecule has 1 rings (SSSR count). The number of hydrogen-bond donors (Lipinski definition) is 2. The van der Waals surface area contributed by atoms with Gasteiger partial charge in [0.1, 0.15) is 5.69 Å². The van der Waals surface area contributed by atoms with E-state index < -0.39 is 0 Å². The molecule has 5 nitrogen and oxygen atoms in total. The third kappa shape index (κ3) is 6.52. The first-order chi connectivity index (χ1) is 9.77. The fraction of sp³-hybridized carbons (Fsp3) is 0.600. The van der Waals surface area contributed by atoms with Crippen LogP contribution < -0.4 is 10.6 Å². The predicted molar refractivity (Wildman–Crippen MR) is 81.1 cm³/mol. The molecule has 0 aliphatic rings. The number of carbonyl (C=O) groups is 1. The molecule has 0 atom stereocenters. The molecule has 1 heterocycles. The highest BCUT2D eigenvalue weighted by Gasteiger charge is 2.05. The van der Waals surface area contributed by atoms with Gasteiger partial charge in [-0.2, -0.15) is 0 Å². The van der Waals surface area contributed by atoms with Crippen LogP contribution in [0.2, 0.25) is 0 Å². The van der Waals surface area contributed by atoms with Crippen LogP contribution in [-0.4, -0.2) is 37.2 Å². The van der Waals surface area contributed by atoms with E-state index in [0.29, 0.717) is 12.2 Å². The van der Waals surface area contributed by atoms with Crippen LogP contribution in [0.5, 0.6) is 0 Å². The first kappa shape index (κ1) is 16.4. The Morgan fingerprint density at radius 3 is 2.85 bits per heavy atom. The monoisotopic (exact) mass is 279 g/mol. The van der Waals surface area contributed by atoms with Crippen LogP contribution in [0.1, 0.15) is 43.6 Å². The lowest BCUT2D eigenvalue weighted by Gasteiger charge is -2.08. The van der Waals surface area contributed by atoms with Crippen molar-refractivity contribution in [2.24, 2.45) is 0 Å². The van der Waals surface area contributed by atoms with Crippen LogP contribution in [0.3, 0.4) is 0 Å². The number of aromatic nitrogens is 1. The third-order valence-corrected chi connectivity index (χ3v) is 2.77. The summed E-state index contributed by atoms with van der Waals surface area (Å²) >= 11 is 0. The minimum atomic E-state index is -0.140. The first-order valence-corrected chi connectivity index (χ1v) is 7.33. The largest absolute Gasteiger partial charge is 0.385 e. The van der Waals surface area contributed by atoms with Crippen LogP contribution in [0.25, 0.3) is 0 Å². The van der Waals surface area contributed by atoms with Crippen molar-refractivity contribution in [1.82, 2.24) is 10.3 Å². The summed E-state index contributed by atoms with van der Waals surface area (Å²) in [5, 5.41) is 6.01. The topological polar surface area (TPSA) is 63.2 Å². The first-order valence-electron chi connectivity index (χ1n) is 7.33. The van der Waals surface area contributed by atoms with E-state index >= 15 is 0 Å². The number of carbonyl (C=O) groups excluding carboxylic acids is 1. The molecule has 0 aromatic carbocycles. The van der Waals surface area contributed by atoms with Crippen LogP contribution in [-0.2, 0) is 4.74 Å². The Morgan fingerprint density at radius 1 is 1.30 bits per heavy atom. The number of nitrogens with zero attached hydrogens (tertiary/aromatic N) is 1. The Kier molecular flexibility index (Phi) is 8.38. The van der Waals surface area contributed by atoms with Gasteiger partial charge in [-0.25, -0.2) is 0 Å². The number of anilines is 1. The van der Waals surface area contributed by atoms with Gasteiger partial charge in [0, 0.05) is 38.2 Å². The molecule has 0 bridgehead atoms. The Hall–Kier alpha value is -1.62. The summed E-state index contributed by atoms with van der Waals surface area (Å²) in [5.41, 5.74) is 1.35. The van der Waals surface area contributed by atoms with Crippen molar-refractivity contribution in [2.45, 2.75) is 33.1 Å². The molecule has 1 amide bonds. The number of amides is 1. The van der Waals surface area contributed by atoms with Crippen LogP contribution in [0, 0.1) is 0 Å². The van der Waals surface area contributed by atoms with Gasteiger partial charge in [-0.3, -0.25) is 9.78 Å². The summed E-state index contributed by atoms with van der Waals surface area (Å²) in [4.78, 5) is 15.7. The van der Waals surface area contributed by atoms with Gasteiger partial charge < -0.3 is 15.4 Å². The molecule has 0 spiro atoms. The molecule has 0 aliphatic carbocycles. The minimum absolute atomic E-state index is 0.140. The molecule has 0 radical (unpaired) electrons. The van der Waals surface area contributed by atoms with E-state index in [-0.39, 0.29) is 5.91 Å². The van der Waals surface area contributed by atoms with Crippen molar-refractivity contribution < 1.29 is 9.53 Å². The van der Waals surface area contributed by atoms with Gasteiger partial charge in [0.25, 0.3) is 5.91 Å². The zero-order chi connectivity index (χ0) is 14.6. The Bertz CT molecular complexity index is 396. The molecule has 1 aromatic heterocycles. The molecule has 0 fully saturated rings. The lowest BCUT2D eigenvalue weighted by Crippen LogP contribution is -2.23. The molecule has 0 saturated carbocycles. The zero-order valence-electron chi connectivity index (χ0n) is 12.4. The van der Waals surface area contributed by atoms with Crippen LogP contribution in [0.15, 0.2) is 18.3 Å². The second kappa shape index (κ2) is 10.2. The summed E-state index contributed by atoms with van der Waals surface area (Å²) in [6.07, 6.45) is 4.87. The highest BCUT2D eigenvalue weighted by atomic mass is 16.5. The summed E-state index contributed by atoms with van der Waals surface area (Å²) < 4.78 is 5.49. The molecule has 0 saturated heterocycles. The second-order valence-electron chi connectivity index (χ2n) is 4.54. The fourth-order valence-corrected chi connectivity index (χ4v) is 1.67. The van der Waals surface area contributed by atoms with Gasteiger partial charge in [-0.05, 0) is 31.9 Å². The number of hydrogen-bond acceptors (Lipinski definition) is 4. The van der Waals surface area contributed by atoms with Gasteiger partial charge in [0.05, 0.1) is 0 Å². The van der Waals surface area contributed by atoms with Gasteiger partial charge in [-0.15, -0.1) is 0 Å². The molecular weight excluding hydrogens is 254 g/mol. The molecule has 1 aromatic rings. The van der Waals surface area contributed by atoms with Crippen molar-refractivity contribution >= 4 is 11.6 Å². The number of nitrogens with one attached hydrogen (secondary N) is 2. The lowest BCUT2D eigenvalue weighted by atomic mass is 10.3. The molecular formula is C15H25N3O2. The summed E-state index contributed by atoms with van der Waals surface area (Å²) in [7, 11) is 0. The van der Waals surface area contributed by atoms with Crippen LogP contribution in [0.4, 0.5) is 5.69 Å². The van der Waals surface area contributed by atoms with Crippen LogP contribution >= 0.6 is 0 Å². The van der Waals surface area contributed by atoms with Gasteiger partial charge in [0.15, 0.2) is 0 Å². The summed E-state index contributed by atoms with van der Waals surface area (Å²) in [6, 6.07) is 3.63. The van der Waals surface area contributed by atoms with E-state index in [9.17, 15) is 4.79 Å². The average molecular weight is 279 g/mol. The van der Waals surface area contributed by atoms with Crippen molar-refractivity contribution in [2.75, 3.05) is 31.6 Å². The Labute approximate surface area is 121 Å². The second-order valence-corrected chi connectivity index (χ2v) is 4.54. The van der Waals surface area contributed by atoms with Crippen molar-refractivity contribution in [3.8, 4) is 0 Å². The fourth-order valence-electron chi connectivity index (χ4n) is 1.67. The number of rotatable bonds is 10. The number of pyridine rings is 1. The van der Waals surface area contributed by atoms with E-state index in [1.807, 2.05) is 13.0 Å². The third-order valence-electron chi connectivity index (χ3n) is 2.77. The van der Waals surface area contributed by atoms with Crippen molar-refractivity contribution in [1.29, 1.82) is 0 Å². The van der Waals surface area contributed by atoms with Gasteiger partial charge >= 0.3 is 0 Å². The molecule has 5 heteroatoms. The molecule has 2 N–H and O–H groups in total. The van der Waals surface area contributed by atoms with E-state index in [4.69, 9.17) is 4.74 Å². The van der Waals surface area contributed by atoms with E-state index in [1.165, 1.54) is 0 Å². The number of unbranched alkanes of at least 4 members (excludes halogenated alkanes) is 1.